The van der Waals surface area contributed by atoms with Gasteiger partial charge in [0.2, 0.25) is 0 Å². The second-order valence-corrected chi connectivity index (χ2v) is 11.1. The Labute approximate surface area is 180 Å². The number of halogens is 1. The van der Waals surface area contributed by atoms with Gasteiger partial charge in [0.05, 0.1) is 9.79 Å². The van der Waals surface area contributed by atoms with E-state index < -0.39 is 25.7 Å². The highest BCUT2D eigenvalue weighted by molar-refractivity contribution is 7.90. The quantitative estimate of drug-likeness (QED) is 0.430. The first-order valence-electron chi connectivity index (χ1n) is 9.30. The first-order chi connectivity index (χ1) is 14.5. The topological polar surface area (TPSA) is 86.1 Å². The summed E-state index contributed by atoms with van der Waals surface area (Å²) in [4.78, 5) is 4.50. The van der Waals surface area contributed by atoms with Gasteiger partial charge >= 0.3 is 0 Å². The van der Waals surface area contributed by atoms with Gasteiger partial charge in [-0.25, -0.2) is 30.2 Å². The largest absolute Gasteiger partial charge is 0.269 e. The van der Waals surface area contributed by atoms with Crippen molar-refractivity contribution in [3.05, 3.63) is 77.9 Å². The van der Waals surface area contributed by atoms with Crippen molar-refractivity contribution in [2.45, 2.75) is 23.6 Å². The minimum absolute atomic E-state index is 0.0292. The van der Waals surface area contributed by atoms with Crippen molar-refractivity contribution in [2.75, 3.05) is 6.26 Å². The third-order valence-electron chi connectivity index (χ3n) is 5.04. The lowest BCUT2D eigenvalue weighted by Crippen LogP contribution is -2.14. The fourth-order valence-electron chi connectivity index (χ4n) is 3.52. The van der Waals surface area contributed by atoms with Gasteiger partial charge in [-0.15, -0.1) is 0 Å². The Balaban J connectivity index is 2.01. The zero-order valence-electron chi connectivity index (χ0n) is 17.0. The maximum absolute atomic E-state index is 14.7. The number of sulfone groups is 1. The van der Waals surface area contributed by atoms with E-state index in [4.69, 9.17) is 0 Å². The fourth-order valence-corrected chi connectivity index (χ4v) is 5.69. The average molecular weight is 459 g/mol. The molecule has 2 heterocycles. The number of aromatic nitrogens is 2. The van der Waals surface area contributed by atoms with Crippen molar-refractivity contribution in [3.8, 4) is 11.1 Å². The SMILES string of the molecule is Cc1cc(-c2cc(S(C)(=O)=O)ccc2F)c2ccn(S(=O)(=O)c3ccccc3C)c2n1. The van der Waals surface area contributed by atoms with E-state index in [9.17, 15) is 21.2 Å². The van der Waals surface area contributed by atoms with E-state index in [0.717, 1.165) is 16.3 Å². The van der Waals surface area contributed by atoms with Gasteiger partial charge in [-0.1, -0.05) is 18.2 Å². The maximum atomic E-state index is 14.7. The van der Waals surface area contributed by atoms with Crippen molar-refractivity contribution in [1.29, 1.82) is 0 Å². The molecule has 6 nitrogen and oxygen atoms in total. The number of nitrogens with zero attached hydrogens (tertiary/aromatic N) is 2. The van der Waals surface area contributed by atoms with Gasteiger partial charge in [0.25, 0.3) is 10.0 Å². The third-order valence-corrected chi connectivity index (χ3v) is 7.98. The molecule has 0 atom stereocenters. The van der Waals surface area contributed by atoms with Crippen molar-refractivity contribution in [3.63, 3.8) is 0 Å². The monoisotopic (exact) mass is 458 g/mol. The zero-order chi connectivity index (χ0) is 22.6. The maximum Gasteiger partial charge on any atom is 0.269 e. The summed E-state index contributed by atoms with van der Waals surface area (Å²) in [6.07, 6.45) is 2.42. The van der Waals surface area contributed by atoms with E-state index in [1.807, 2.05) is 0 Å². The highest BCUT2D eigenvalue weighted by atomic mass is 32.2. The van der Waals surface area contributed by atoms with Crippen LogP contribution in [0.5, 0.6) is 0 Å². The molecule has 31 heavy (non-hydrogen) atoms. The van der Waals surface area contributed by atoms with E-state index >= 15 is 0 Å². The van der Waals surface area contributed by atoms with Crippen LogP contribution in [-0.2, 0) is 19.9 Å². The highest BCUT2D eigenvalue weighted by Crippen LogP contribution is 2.34. The van der Waals surface area contributed by atoms with Crippen LogP contribution in [0, 0.1) is 19.7 Å². The molecular weight excluding hydrogens is 439 g/mol. The van der Waals surface area contributed by atoms with E-state index in [1.165, 1.54) is 24.4 Å². The van der Waals surface area contributed by atoms with Crippen LogP contribution in [0.25, 0.3) is 22.2 Å². The molecule has 0 aliphatic carbocycles. The minimum Gasteiger partial charge on any atom is -0.234 e. The van der Waals surface area contributed by atoms with E-state index in [-0.39, 0.29) is 21.0 Å². The molecule has 0 aliphatic rings. The summed E-state index contributed by atoms with van der Waals surface area (Å²) in [5.41, 5.74) is 1.62. The Morgan fingerprint density at radius 2 is 1.61 bits per heavy atom. The molecule has 4 rings (SSSR count). The Hall–Kier alpha value is -3.04. The van der Waals surface area contributed by atoms with Crippen LogP contribution in [0.1, 0.15) is 11.3 Å². The number of hydrogen-bond acceptors (Lipinski definition) is 5. The molecule has 2 aromatic heterocycles. The molecule has 4 aromatic rings. The number of benzene rings is 2. The first kappa shape index (κ1) is 21.2. The number of hydrogen-bond donors (Lipinski definition) is 0. The van der Waals surface area contributed by atoms with E-state index in [2.05, 4.69) is 4.98 Å². The van der Waals surface area contributed by atoms with Crippen molar-refractivity contribution in [2.24, 2.45) is 0 Å². The Kier molecular flexibility index (Phi) is 4.98. The van der Waals surface area contributed by atoms with Crippen molar-refractivity contribution in [1.82, 2.24) is 8.96 Å². The van der Waals surface area contributed by atoms with Crippen molar-refractivity contribution < 1.29 is 21.2 Å². The third kappa shape index (κ3) is 3.64. The number of pyridine rings is 1. The molecule has 0 bridgehead atoms. The first-order valence-corrected chi connectivity index (χ1v) is 12.6. The number of fused-ring (bicyclic) bond motifs is 1. The second-order valence-electron chi connectivity index (χ2n) is 7.34. The smallest absolute Gasteiger partial charge is 0.234 e. The molecule has 0 fully saturated rings. The molecule has 0 aliphatic heterocycles. The summed E-state index contributed by atoms with van der Waals surface area (Å²) in [6.45, 7) is 3.37. The van der Waals surface area contributed by atoms with Gasteiger partial charge in [0.1, 0.15) is 5.82 Å². The molecule has 0 radical (unpaired) electrons. The van der Waals surface area contributed by atoms with Gasteiger partial charge in [0, 0.05) is 29.1 Å². The van der Waals surface area contributed by atoms with Gasteiger partial charge in [-0.3, -0.25) is 0 Å². The van der Waals surface area contributed by atoms with Gasteiger partial charge < -0.3 is 0 Å². The van der Waals surface area contributed by atoms with Crippen LogP contribution >= 0.6 is 0 Å². The highest BCUT2D eigenvalue weighted by Gasteiger charge is 2.24. The molecule has 0 N–H and O–H groups in total. The van der Waals surface area contributed by atoms with Crippen LogP contribution < -0.4 is 0 Å². The molecule has 0 unspecified atom stereocenters. The van der Waals surface area contributed by atoms with Crippen LogP contribution in [0.2, 0.25) is 0 Å². The van der Waals surface area contributed by atoms with Crippen LogP contribution in [0.3, 0.4) is 0 Å². The standard InChI is InChI=1S/C22H19FN2O4S2/c1-14-6-4-5-7-21(14)31(28,29)25-11-10-17-18(12-15(2)24-22(17)25)19-13-16(30(3,26)27)8-9-20(19)23/h4-13H,1-3H3. The minimum atomic E-state index is -3.95. The van der Waals surface area contributed by atoms with Crippen molar-refractivity contribution >= 4 is 30.9 Å². The lowest BCUT2D eigenvalue weighted by molar-refractivity contribution is 0.588. The predicted molar refractivity (Wildman–Crippen MR) is 117 cm³/mol. The summed E-state index contributed by atoms with van der Waals surface area (Å²) in [5.74, 6) is -0.617. The van der Waals surface area contributed by atoms with Gasteiger partial charge in [-0.05, 0) is 61.4 Å². The Morgan fingerprint density at radius 1 is 0.903 bits per heavy atom. The summed E-state index contributed by atoms with van der Waals surface area (Å²) in [7, 11) is -7.50. The Bertz CT molecular complexity index is 1560. The molecule has 160 valence electrons. The average Bonchev–Trinajstić information content (AvgIpc) is 3.11. The summed E-state index contributed by atoms with van der Waals surface area (Å²) in [6, 6.07) is 13.3. The lowest BCUT2D eigenvalue weighted by atomic mass is 10.0. The fraction of sp³-hybridized carbons (Fsp3) is 0.136. The van der Waals surface area contributed by atoms with Crippen LogP contribution in [0.15, 0.2) is 70.6 Å². The summed E-state index contributed by atoms with van der Waals surface area (Å²) < 4.78 is 66.3. The molecule has 0 amide bonds. The van der Waals surface area contributed by atoms with Crippen LogP contribution in [-0.4, -0.2) is 32.0 Å². The molecule has 9 heteroatoms. The Morgan fingerprint density at radius 3 is 2.29 bits per heavy atom. The lowest BCUT2D eigenvalue weighted by Gasteiger charge is -2.12. The predicted octanol–water partition coefficient (Wildman–Crippen LogP) is 4.10. The zero-order valence-corrected chi connectivity index (χ0v) is 18.6. The molecule has 0 saturated carbocycles. The van der Waals surface area contributed by atoms with E-state index in [0.29, 0.717) is 22.2 Å². The second kappa shape index (κ2) is 7.28. The molecule has 0 saturated heterocycles. The summed E-state index contributed by atoms with van der Waals surface area (Å²) in [5, 5.41) is 0.396. The number of aryl methyl sites for hydroxylation is 2. The molecule has 0 spiro atoms. The van der Waals surface area contributed by atoms with Gasteiger partial charge in [-0.2, -0.15) is 0 Å². The number of rotatable bonds is 4. The molecular formula is C22H19FN2O4S2. The van der Waals surface area contributed by atoms with Gasteiger partial charge in [0.15, 0.2) is 15.5 Å². The van der Waals surface area contributed by atoms with Crippen LogP contribution in [0.4, 0.5) is 4.39 Å². The normalized spacial score (nSPS) is 12.4. The summed E-state index contributed by atoms with van der Waals surface area (Å²) >= 11 is 0. The van der Waals surface area contributed by atoms with E-state index in [1.54, 1.807) is 44.2 Å². The molecule has 2 aromatic carbocycles.